The summed E-state index contributed by atoms with van der Waals surface area (Å²) in [5.41, 5.74) is 7.67. The second-order valence-electron chi connectivity index (χ2n) is 4.97. The number of nitrogens with one attached hydrogen (secondary N) is 1. The van der Waals surface area contributed by atoms with Crippen LogP contribution in [-0.4, -0.2) is 55.7 Å². The van der Waals surface area contributed by atoms with Crippen LogP contribution < -0.4 is 5.32 Å². The number of hydrogen-bond acceptors (Lipinski definition) is 5. The molecule has 1 aliphatic heterocycles. The third-order valence-corrected chi connectivity index (χ3v) is 3.78. The highest BCUT2D eigenvalue weighted by atomic mass is 16.5. The molecule has 0 spiro atoms. The van der Waals surface area contributed by atoms with Crippen molar-refractivity contribution >= 4 is 5.97 Å². The van der Waals surface area contributed by atoms with E-state index in [2.05, 4.69) is 27.2 Å². The molecule has 0 aromatic carbocycles. The minimum atomic E-state index is -0.571. The molecule has 0 unspecified atom stereocenters. The Morgan fingerprint density at radius 1 is 1.45 bits per heavy atom. The summed E-state index contributed by atoms with van der Waals surface area (Å²) in [5.74, 6) is -0.153. The van der Waals surface area contributed by atoms with Crippen molar-refractivity contribution in [3.63, 3.8) is 0 Å². The summed E-state index contributed by atoms with van der Waals surface area (Å²) in [6, 6.07) is 0. The smallest absolute Gasteiger partial charge is 0.326 e. The molecule has 0 amide bonds. The van der Waals surface area contributed by atoms with E-state index in [4.69, 9.17) is 10.3 Å². The van der Waals surface area contributed by atoms with Crippen molar-refractivity contribution in [3.8, 4) is 0 Å². The normalized spacial score (nSPS) is 18.3. The van der Waals surface area contributed by atoms with E-state index in [0.717, 1.165) is 38.9 Å². The minimum Gasteiger partial charge on any atom is -0.465 e. The van der Waals surface area contributed by atoms with Gasteiger partial charge in [0, 0.05) is 24.5 Å². The molecule has 1 heterocycles. The van der Waals surface area contributed by atoms with E-state index < -0.39 is 5.54 Å². The Morgan fingerprint density at radius 2 is 2.15 bits per heavy atom. The van der Waals surface area contributed by atoms with E-state index in [1.807, 2.05) is 6.92 Å². The lowest BCUT2D eigenvalue weighted by Gasteiger charge is -2.40. The number of azide groups is 1. The van der Waals surface area contributed by atoms with Crippen LogP contribution in [0, 0.1) is 0 Å². The van der Waals surface area contributed by atoms with Crippen LogP contribution in [0.5, 0.6) is 0 Å². The molecule has 7 heteroatoms. The van der Waals surface area contributed by atoms with Crippen molar-refractivity contribution in [3.05, 3.63) is 10.4 Å². The second-order valence-corrected chi connectivity index (χ2v) is 4.97. The Morgan fingerprint density at radius 3 is 2.70 bits per heavy atom. The number of esters is 1. The molecule has 1 saturated heterocycles. The van der Waals surface area contributed by atoms with Gasteiger partial charge in [-0.05, 0) is 44.8 Å². The molecule has 0 aliphatic carbocycles. The van der Waals surface area contributed by atoms with Gasteiger partial charge in [-0.15, -0.1) is 0 Å². The van der Waals surface area contributed by atoms with Crippen LogP contribution in [-0.2, 0) is 9.53 Å². The summed E-state index contributed by atoms with van der Waals surface area (Å²) in [6.45, 7) is 8.28. The summed E-state index contributed by atoms with van der Waals surface area (Å²) in [5, 5.41) is 6.84. The summed E-state index contributed by atoms with van der Waals surface area (Å²) in [6.07, 6.45) is 2.26. The summed E-state index contributed by atoms with van der Waals surface area (Å²) in [4.78, 5) is 17.3. The topological polar surface area (TPSA) is 90.3 Å². The zero-order valence-corrected chi connectivity index (χ0v) is 12.5. The maximum Gasteiger partial charge on any atom is 0.326 e. The predicted molar refractivity (Wildman–Crippen MR) is 77.3 cm³/mol. The molecule has 0 radical (unpaired) electrons. The first-order chi connectivity index (χ1) is 9.68. The standard InChI is InChI=1S/C13H25N5O2/c1-3-18-10-6-13(7-11-18,12(19)20-4-2)15-8-5-9-16-17-14/h15H,3-11H2,1-2H3. The van der Waals surface area contributed by atoms with E-state index in [1.165, 1.54) is 0 Å². The summed E-state index contributed by atoms with van der Waals surface area (Å²) >= 11 is 0. The predicted octanol–water partition coefficient (Wildman–Crippen LogP) is 1.69. The molecule has 0 atom stereocenters. The van der Waals surface area contributed by atoms with E-state index in [9.17, 15) is 4.79 Å². The highest BCUT2D eigenvalue weighted by Crippen LogP contribution is 2.24. The molecule has 1 aliphatic rings. The lowest BCUT2D eigenvalue weighted by atomic mass is 9.87. The maximum absolute atomic E-state index is 12.2. The molecular formula is C13H25N5O2. The first-order valence-electron chi connectivity index (χ1n) is 7.34. The molecule has 0 aromatic rings. The van der Waals surface area contributed by atoms with Gasteiger partial charge in [0.25, 0.3) is 0 Å². The van der Waals surface area contributed by atoms with Crippen molar-refractivity contribution in [2.45, 2.75) is 38.6 Å². The lowest BCUT2D eigenvalue weighted by molar-refractivity contribution is -0.153. The maximum atomic E-state index is 12.2. The average Bonchev–Trinajstić information content (AvgIpc) is 2.48. The monoisotopic (exact) mass is 283 g/mol. The summed E-state index contributed by atoms with van der Waals surface area (Å²) in [7, 11) is 0. The molecule has 1 N–H and O–H groups in total. The van der Waals surface area contributed by atoms with Crippen LogP contribution >= 0.6 is 0 Å². The van der Waals surface area contributed by atoms with E-state index >= 15 is 0 Å². The quantitative estimate of drug-likeness (QED) is 0.241. The highest BCUT2D eigenvalue weighted by molar-refractivity contribution is 5.81. The third kappa shape index (κ3) is 4.67. The number of ether oxygens (including phenoxy) is 1. The Labute approximate surface area is 120 Å². The van der Waals surface area contributed by atoms with Crippen LogP contribution in [0.4, 0.5) is 0 Å². The number of carbonyl (C=O) groups excluding carboxylic acids is 1. The van der Waals surface area contributed by atoms with Gasteiger partial charge in [0.2, 0.25) is 0 Å². The van der Waals surface area contributed by atoms with Crippen LogP contribution in [0.1, 0.15) is 33.1 Å². The van der Waals surface area contributed by atoms with Gasteiger partial charge in [0.05, 0.1) is 6.61 Å². The second kappa shape index (κ2) is 8.79. The van der Waals surface area contributed by atoms with Crippen molar-refractivity contribution in [1.29, 1.82) is 0 Å². The van der Waals surface area contributed by atoms with Crippen molar-refractivity contribution in [1.82, 2.24) is 10.2 Å². The number of carbonyl (C=O) groups is 1. The van der Waals surface area contributed by atoms with Gasteiger partial charge in [-0.3, -0.25) is 4.79 Å². The fourth-order valence-electron chi connectivity index (χ4n) is 2.50. The molecule has 1 rings (SSSR count). The molecule has 20 heavy (non-hydrogen) atoms. The average molecular weight is 283 g/mol. The van der Waals surface area contributed by atoms with Crippen molar-refractivity contribution in [2.24, 2.45) is 5.11 Å². The Bertz CT molecular complexity index is 347. The van der Waals surface area contributed by atoms with Gasteiger partial charge >= 0.3 is 5.97 Å². The lowest BCUT2D eigenvalue weighted by Crippen LogP contribution is -2.59. The van der Waals surface area contributed by atoms with Crippen LogP contribution in [0.15, 0.2) is 5.11 Å². The van der Waals surface area contributed by atoms with Crippen molar-refractivity contribution < 1.29 is 9.53 Å². The third-order valence-electron chi connectivity index (χ3n) is 3.78. The molecular weight excluding hydrogens is 258 g/mol. The van der Waals surface area contributed by atoms with Crippen LogP contribution in [0.2, 0.25) is 0 Å². The molecule has 0 bridgehead atoms. The zero-order chi connectivity index (χ0) is 14.8. The number of piperidine rings is 1. The van der Waals surface area contributed by atoms with Crippen molar-refractivity contribution in [2.75, 3.05) is 39.3 Å². The number of hydrogen-bond donors (Lipinski definition) is 1. The van der Waals surface area contributed by atoms with Gasteiger partial charge in [-0.2, -0.15) is 0 Å². The van der Waals surface area contributed by atoms with Gasteiger partial charge < -0.3 is 15.0 Å². The van der Waals surface area contributed by atoms with Crippen LogP contribution in [0.25, 0.3) is 10.4 Å². The molecule has 7 nitrogen and oxygen atoms in total. The van der Waals surface area contributed by atoms with Gasteiger partial charge in [-0.25, -0.2) is 0 Å². The highest BCUT2D eigenvalue weighted by Gasteiger charge is 2.41. The SMILES string of the molecule is CCOC(=O)C1(NCCCN=[N+]=[N-])CCN(CC)CC1. The van der Waals surface area contributed by atoms with Crippen LogP contribution in [0.3, 0.4) is 0 Å². The number of nitrogens with zero attached hydrogens (tertiary/aromatic N) is 4. The Hall–Kier alpha value is -1.30. The first-order valence-corrected chi connectivity index (χ1v) is 7.34. The fraction of sp³-hybridized carbons (Fsp3) is 0.923. The zero-order valence-electron chi connectivity index (χ0n) is 12.5. The number of likely N-dealkylation sites (tertiary alicyclic amines) is 1. The van der Waals surface area contributed by atoms with E-state index in [1.54, 1.807) is 0 Å². The fourth-order valence-corrected chi connectivity index (χ4v) is 2.50. The van der Waals surface area contributed by atoms with E-state index in [0.29, 0.717) is 19.7 Å². The molecule has 114 valence electrons. The first kappa shape index (κ1) is 16.8. The molecule has 1 fully saturated rings. The molecule has 0 aromatic heterocycles. The molecule has 0 saturated carbocycles. The van der Waals surface area contributed by atoms with E-state index in [-0.39, 0.29) is 5.97 Å². The summed E-state index contributed by atoms with van der Waals surface area (Å²) < 4.78 is 5.23. The van der Waals surface area contributed by atoms with Gasteiger partial charge in [0.15, 0.2) is 0 Å². The number of rotatable bonds is 8. The largest absolute Gasteiger partial charge is 0.465 e. The Balaban J connectivity index is 2.56. The Kier molecular flexibility index (Phi) is 7.36. The minimum absolute atomic E-state index is 0.153. The van der Waals surface area contributed by atoms with Gasteiger partial charge in [0.1, 0.15) is 5.54 Å². The van der Waals surface area contributed by atoms with Gasteiger partial charge in [-0.1, -0.05) is 12.0 Å².